The van der Waals surface area contributed by atoms with Gasteiger partial charge in [0.25, 0.3) is 0 Å². The Morgan fingerprint density at radius 3 is 2.36 bits per heavy atom. The van der Waals surface area contributed by atoms with Crippen molar-refractivity contribution >= 4 is 41.3 Å². The van der Waals surface area contributed by atoms with E-state index >= 15 is 0 Å². The van der Waals surface area contributed by atoms with E-state index in [-0.39, 0.29) is 24.0 Å². The largest absolute Gasteiger partial charge is 0.357 e. The maximum Gasteiger partial charge on any atom is 0.191 e. The van der Waals surface area contributed by atoms with Gasteiger partial charge in [0.2, 0.25) is 0 Å². The first kappa shape index (κ1) is 24.6. The van der Waals surface area contributed by atoms with Crippen LogP contribution in [0.4, 0.5) is 0 Å². The van der Waals surface area contributed by atoms with E-state index in [1.807, 2.05) is 0 Å². The number of aromatic nitrogens is 1. The molecule has 5 nitrogen and oxygen atoms in total. The van der Waals surface area contributed by atoms with Crippen molar-refractivity contribution in [1.29, 1.82) is 0 Å². The molecule has 0 fully saturated rings. The first-order valence-corrected chi connectivity index (χ1v) is 9.94. The molecule has 0 radical (unpaired) electrons. The lowest BCUT2D eigenvalue weighted by Gasteiger charge is -2.11. The lowest BCUT2D eigenvalue weighted by Crippen LogP contribution is -2.37. The van der Waals surface area contributed by atoms with Crippen molar-refractivity contribution in [3.63, 3.8) is 0 Å². The van der Waals surface area contributed by atoms with Crippen molar-refractivity contribution in [2.24, 2.45) is 4.99 Å². The molecule has 1 aromatic heterocycles. The van der Waals surface area contributed by atoms with Gasteiger partial charge >= 0.3 is 0 Å². The van der Waals surface area contributed by atoms with Crippen molar-refractivity contribution in [1.82, 2.24) is 20.5 Å². The minimum Gasteiger partial charge on any atom is -0.357 e. The van der Waals surface area contributed by atoms with Crippen LogP contribution in [0, 0.1) is 13.8 Å². The van der Waals surface area contributed by atoms with E-state index in [2.05, 4.69) is 60.4 Å². The highest BCUT2D eigenvalue weighted by Gasteiger charge is 2.03. The van der Waals surface area contributed by atoms with Gasteiger partial charge in [-0.2, -0.15) is 0 Å². The fourth-order valence-electron chi connectivity index (χ4n) is 2.39. The second-order valence-corrected chi connectivity index (χ2v) is 7.73. The molecule has 1 rings (SSSR count). The van der Waals surface area contributed by atoms with Gasteiger partial charge in [0.15, 0.2) is 5.96 Å². The number of hydrogen-bond acceptors (Lipinski definition) is 4. The Labute approximate surface area is 175 Å². The molecule has 0 atom stereocenters. The molecule has 0 aliphatic carbocycles. The summed E-state index contributed by atoms with van der Waals surface area (Å²) in [6.07, 6.45) is 6.43. The van der Waals surface area contributed by atoms with Crippen molar-refractivity contribution in [3.8, 4) is 0 Å². The quantitative estimate of drug-likeness (QED) is 0.218. The number of hydrogen-bond donors (Lipinski definition) is 2. The highest BCUT2D eigenvalue weighted by Crippen LogP contribution is 2.16. The molecule has 0 bridgehead atoms. The molecule has 1 aromatic rings. The van der Waals surface area contributed by atoms with E-state index < -0.39 is 0 Å². The number of halogens is 1. The predicted molar refractivity (Wildman–Crippen MR) is 121 cm³/mol. The average molecular weight is 481 g/mol. The summed E-state index contributed by atoms with van der Waals surface area (Å²) in [4.78, 5) is 12.7. The minimum atomic E-state index is 0. The zero-order chi connectivity index (χ0) is 17.8. The lowest BCUT2D eigenvalue weighted by atomic mass is 10.1. The first-order chi connectivity index (χ1) is 11.5. The van der Waals surface area contributed by atoms with Crippen LogP contribution in [-0.2, 0) is 6.54 Å². The summed E-state index contributed by atoms with van der Waals surface area (Å²) in [6, 6.07) is 0. The van der Waals surface area contributed by atoms with Gasteiger partial charge in [0.05, 0.1) is 12.2 Å². The van der Waals surface area contributed by atoms with Gasteiger partial charge in [-0.15, -0.1) is 35.3 Å². The molecule has 25 heavy (non-hydrogen) atoms. The molecule has 0 amide bonds. The Hall–Kier alpha value is -0.410. The number of unbranched alkanes of at least 4 members (excludes halogenated alkanes) is 4. The van der Waals surface area contributed by atoms with Crippen LogP contribution in [0.3, 0.4) is 0 Å². The van der Waals surface area contributed by atoms with Gasteiger partial charge in [0, 0.05) is 18.0 Å². The van der Waals surface area contributed by atoms with Crippen molar-refractivity contribution in [2.45, 2.75) is 59.4 Å². The molecular weight excluding hydrogens is 445 g/mol. The molecule has 0 aromatic carbocycles. The van der Waals surface area contributed by atoms with Crippen LogP contribution in [0.5, 0.6) is 0 Å². The van der Waals surface area contributed by atoms with E-state index in [9.17, 15) is 0 Å². The maximum absolute atomic E-state index is 4.64. The smallest absolute Gasteiger partial charge is 0.191 e. The van der Waals surface area contributed by atoms with Crippen LogP contribution in [0.1, 0.15) is 54.6 Å². The number of nitrogens with zero attached hydrogens (tertiary/aromatic N) is 3. The van der Waals surface area contributed by atoms with E-state index in [0.29, 0.717) is 6.54 Å². The molecular formula is C18H36IN5S. The average Bonchev–Trinajstić information content (AvgIpc) is 2.85. The van der Waals surface area contributed by atoms with Crippen LogP contribution in [0.15, 0.2) is 4.99 Å². The van der Waals surface area contributed by atoms with Crippen LogP contribution in [-0.4, -0.2) is 49.6 Å². The van der Waals surface area contributed by atoms with E-state index in [1.165, 1.54) is 43.5 Å². The zero-order valence-corrected chi connectivity index (χ0v) is 19.7. The first-order valence-electron chi connectivity index (χ1n) is 9.12. The number of nitrogens with one attached hydrogen (secondary N) is 2. The fraction of sp³-hybridized carbons (Fsp3) is 0.778. The number of aliphatic imine (C=N–C) groups is 1. The highest BCUT2D eigenvalue weighted by atomic mass is 127. The lowest BCUT2D eigenvalue weighted by molar-refractivity contribution is 0.389. The van der Waals surface area contributed by atoms with Crippen molar-refractivity contribution in [2.75, 3.05) is 33.7 Å². The van der Waals surface area contributed by atoms with E-state index in [0.717, 1.165) is 29.8 Å². The summed E-state index contributed by atoms with van der Waals surface area (Å²) in [5, 5.41) is 7.82. The summed E-state index contributed by atoms with van der Waals surface area (Å²) < 4.78 is 0. The predicted octanol–water partition coefficient (Wildman–Crippen LogP) is 3.95. The number of aryl methyl sites for hydroxylation is 2. The third-order valence-corrected chi connectivity index (χ3v) is 4.92. The van der Waals surface area contributed by atoms with Crippen molar-refractivity contribution in [3.05, 3.63) is 15.6 Å². The zero-order valence-electron chi connectivity index (χ0n) is 16.5. The minimum absolute atomic E-state index is 0. The van der Waals surface area contributed by atoms with Gasteiger partial charge in [-0.25, -0.2) is 9.98 Å². The molecule has 7 heteroatoms. The number of rotatable bonds is 11. The molecule has 0 spiro atoms. The third-order valence-electron chi connectivity index (χ3n) is 3.86. The van der Waals surface area contributed by atoms with Crippen LogP contribution >= 0.6 is 35.3 Å². The third kappa shape index (κ3) is 11.8. The summed E-state index contributed by atoms with van der Waals surface area (Å²) >= 11 is 1.74. The Bertz CT molecular complexity index is 468. The monoisotopic (exact) mass is 481 g/mol. The standard InChI is InChI=1S/C18H35N5S.HI/c1-6-19-18(21-14-17-22-15(2)16(3)24-17)20-12-10-8-7-9-11-13-23(4)5;/h6-14H2,1-5H3,(H2,19,20,21);1H. The SMILES string of the molecule is CCNC(=NCc1nc(C)c(C)s1)NCCCCCCCN(C)C.I. The molecule has 2 N–H and O–H groups in total. The normalized spacial score (nSPS) is 11.5. The van der Waals surface area contributed by atoms with Crippen LogP contribution in [0.2, 0.25) is 0 Å². The molecule has 0 aliphatic heterocycles. The van der Waals surface area contributed by atoms with Crippen LogP contribution < -0.4 is 10.6 Å². The van der Waals surface area contributed by atoms with E-state index in [4.69, 9.17) is 0 Å². The molecule has 1 heterocycles. The molecule has 0 saturated heterocycles. The molecule has 0 aliphatic rings. The highest BCUT2D eigenvalue weighted by molar-refractivity contribution is 14.0. The number of thiazole rings is 1. The Kier molecular flexibility index (Phi) is 14.5. The summed E-state index contributed by atoms with van der Waals surface area (Å²) in [7, 11) is 4.28. The van der Waals surface area contributed by atoms with Gasteiger partial charge in [-0.05, 0) is 54.3 Å². The Balaban J connectivity index is 0.00000576. The van der Waals surface area contributed by atoms with Gasteiger partial charge in [-0.1, -0.05) is 19.3 Å². The number of guanidine groups is 1. The summed E-state index contributed by atoms with van der Waals surface area (Å²) in [6.45, 7) is 9.98. The van der Waals surface area contributed by atoms with Gasteiger partial charge in [-0.3, -0.25) is 0 Å². The van der Waals surface area contributed by atoms with Gasteiger partial charge < -0.3 is 15.5 Å². The molecule has 0 unspecified atom stereocenters. The summed E-state index contributed by atoms with van der Waals surface area (Å²) in [5.74, 6) is 0.899. The second kappa shape index (κ2) is 14.7. The Morgan fingerprint density at radius 1 is 1.08 bits per heavy atom. The summed E-state index contributed by atoms with van der Waals surface area (Å²) in [5.41, 5.74) is 1.12. The molecule has 0 saturated carbocycles. The van der Waals surface area contributed by atoms with Gasteiger partial charge in [0.1, 0.15) is 5.01 Å². The van der Waals surface area contributed by atoms with Crippen molar-refractivity contribution < 1.29 is 0 Å². The molecule has 146 valence electrons. The Morgan fingerprint density at radius 2 is 1.76 bits per heavy atom. The maximum atomic E-state index is 4.64. The topological polar surface area (TPSA) is 52.6 Å². The van der Waals surface area contributed by atoms with E-state index in [1.54, 1.807) is 11.3 Å². The van der Waals surface area contributed by atoms with Crippen LogP contribution in [0.25, 0.3) is 0 Å². The fourth-order valence-corrected chi connectivity index (χ4v) is 3.24. The second-order valence-electron chi connectivity index (χ2n) is 6.44.